The summed E-state index contributed by atoms with van der Waals surface area (Å²) in [6.45, 7) is 1.74. The molecule has 2 aromatic rings. The lowest BCUT2D eigenvalue weighted by Gasteiger charge is -2.11. The molecule has 0 unspecified atom stereocenters. The fourth-order valence-corrected chi connectivity index (χ4v) is 3.63. The standard InChI is InChI=1S/C18H11F4NOS2/c1-9(15-16(24)23-17(25)26-15)10-3-2-4-11(7-10)12-5-6-14(19)13(8-12)18(20,21)22/h2-8H,1H3,(H,23,24,25)/b15-9-. The molecule has 0 bridgehead atoms. The van der Waals surface area contributed by atoms with E-state index in [4.69, 9.17) is 12.2 Å². The molecule has 2 aromatic carbocycles. The Morgan fingerprint density at radius 2 is 1.81 bits per heavy atom. The number of thioether (sulfide) groups is 1. The van der Waals surface area contributed by atoms with Crippen molar-refractivity contribution in [3.05, 3.63) is 64.3 Å². The predicted molar refractivity (Wildman–Crippen MR) is 97.8 cm³/mol. The summed E-state index contributed by atoms with van der Waals surface area (Å²) in [5.41, 5.74) is 0.734. The van der Waals surface area contributed by atoms with Crippen molar-refractivity contribution in [1.82, 2.24) is 5.32 Å². The lowest BCUT2D eigenvalue weighted by molar-refractivity contribution is -0.139. The van der Waals surface area contributed by atoms with E-state index in [1.807, 2.05) is 0 Å². The number of alkyl halides is 3. The molecule has 1 fully saturated rings. The molecule has 1 N–H and O–H groups in total. The van der Waals surface area contributed by atoms with Gasteiger partial charge in [-0.05, 0) is 47.4 Å². The summed E-state index contributed by atoms with van der Waals surface area (Å²) in [6, 6.07) is 9.57. The number of amides is 1. The summed E-state index contributed by atoms with van der Waals surface area (Å²) in [4.78, 5) is 12.3. The van der Waals surface area contributed by atoms with Gasteiger partial charge in [0.05, 0.1) is 10.5 Å². The van der Waals surface area contributed by atoms with Gasteiger partial charge in [0, 0.05) is 0 Å². The molecule has 0 radical (unpaired) electrons. The second kappa shape index (κ2) is 6.85. The van der Waals surface area contributed by atoms with Crippen molar-refractivity contribution in [3.63, 3.8) is 0 Å². The number of nitrogens with one attached hydrogen (secondary N) is 1. The average Bonchev–Trinajstić information content (AvgIpc) is 2.92. The number of hydrogen-bond donors (Lipinski definition) is 1. The Morgan fingerprint density at radius 3 is 2.42 bits per heavy atom. The van der Waals surface area contributed by atoms with E-state index in [2.05, 4.69) is 5.32 Å². The van der Waals surface area contributed by atoms with E-state index in [9.17, 15) is 22.4 Å². The minimum Gasteiger partial charge on any atom is -0.307 e. The number of hydrogen-bond acceptors (Lipinski definition) is 3. The number of allylic oxidation sites excluding steroid dienone is 1. The number of carbonyl (C=O) groups excluding carboxylic acids is 1. The molecule has 0 aromatic heterocycles. The Balaban J connectivity index is 2.05. The zero-order valence-corrected chi connectivity index (χ0v) is 14.9. The van der Waals surface area contributed by atoms with Gasteiger partial charge in [0.25, 0.3) is 5.91 Å². The van der Waals surface area contributed by atoms with Crippen LogP contribution in [0.1, 0.15) is 18.1 Å². The van der Waals surface area contributed by atoms with E-state index in [0.717, 1.165) is 23.9 Å². The SMILES string of the molecule is C/C(=C1/SC(=S)NC1=O)c1cccc(-c2ccc(F)c(C(F)(F)F)c2)c1. The zero-order valence-electron chi connectivity index (χ0n) is 13.3. The number of carbonyl (C=O) groups is 1. The Labute approximate surface area is 156 Å². The Bertz CT molecular complexity index is 950. The molecule has 0 spiro atoms. The average molecular weight is 397 g/mol. The lowest BCUT2D eigenvalue weighted by Crippen LogP contribution is -2.18. The largest absolute Gasteiger partial charge is 0.419 e. The van der Waals surface area contributed by atoms with Crippen molar-refractivity contribution in [2.45, 2.75) is 13.1 Å². The highest BCUT2D eigenvalue weighted by atomic mass is 32.2. The fourth-order valence-electron chi connectivity index (χ4n) is 2.55. The maximum Gasteiger partial charge on any atom is 0.419 e. The van der Waals surface area contributed by atoms with E-state index in [-0.39, 0.29) is 11.5 Å². The molecule has 1 amide bonds. The van der Waals surface area contributed by atoms with Crippen LogP contribution in [0.4, 0.5) is 17.6 Å². The normalized spacial score (nSPS) is 16.7. The molecule has 1 heterocycles. The van der Waals surface area contributed by atoms with Gasteiger partial charge in [0.1, 0.15) is 10.1 Å². The molecule has 26 heavy (non-hydrogen) atoms. The van der Waals surface area contributed by atoms with Gasteiger partial charge >= 0.3 is 6.18 Å². The number of halogens is 4. The first-order chi connectivity index (χ1) is 12.2. The summed E-state index contributed by atoms with van der Waals surface area (Å²) in [7, 11) is 0. The van der Waals surface area contributed by atoms with E-state index in [1.165, 1.54) is 6.07 Å². The van der Waals surface area contributed by atoms with Crippen LogP contribution in [0.25, 0.3) is 16.7 Å². The third kappa shape index (κ3) is 3.66. The smallest absolute Gasteiger partial charge is 0.307 e. The van der Waals surface area contributed by atoms with Crippen LogP contribution < -0.4 is 5.32 Å². The molecule has 8 heteroatoms. The molecule has 0 aliphatic carbocycles. The Kier molecular flexibility index (Phi) is 4.90. The van der Waals surface area contributed by atoms with Crippen molar-refractivity contribution >= 4 is 39.8 Å². The van der Waals surface area contributed by atoms with Gasteiger partial charge in [0.15, 0.2) is 0 Å². The van der Waals surface area contributed by atoms with Crippen LogP contribution in [0.5, 0.6) is 0 Å². The first-order valence-corrected chi connectivity index (χ1v) is 8.61. The van der Waals surface area contributed by atoms with Crippen LogP contribution >= 0.6 is 24.0 Å². The molecule has 1 aliphatic rings. The summed E-state index contributed by atoms with van der Waals surface area (Å²) in [6.07, 6.45) is -4.77. The molecule has 134 valence electrons. The second-order valence-electron chi connectivity index (χ2n) is 5.57. The summed E-state index contributed by atoms with van der Waals surface area (Å²) < 4.78 is 52.6. The van der Waals surface area contributed by atoms with Gasteiger partial charge in [-0.25, -0.2) is 4.39 Å². The van der Waals surface area contributed by atoms with Crippen molar-refractivity contribution in [1.29, 1.82) is 0 Å². The van der Waals surface area contributed by atoms with Crippen molar-refractivity contribution < 1.29 is 22.4 Å². The number of rotatable bonds is 2. The fraction of sp³-hybridized carbons (Fsp3) is 0.111. The van der Waals surface area contributed by atoms with Gasteiger partial charge in [-0.3, -0.25) is 4.79 Å². The second-order valence-corrected chi connectivity index (χ2v) is 7.26. The van der Waals surface area contributed by atoms with Crippen molar-refractivity contribution in [3.8, 4) is 11.1 Å². The van der Waals surface area contributed by atoms with Gasteiger partial charge in [0.2, 0.25) is 0 Å². The minimum atomic E-state index is -4.77. The third-order valence-electron chi connectivity index (χ3n) is 3.86. The van der Waals surface area contributed by atoms with Gasteiger partial charge in [-0.15, -0.1) is 0 Å². The summed E-state index contributed by atoms with van der Waals surface area (Å²) in [5.74, 6) is -1.62. The van der Waals surface area contributed by atoms with Crippen LogP contribution in [0.15, 0.2) is 47.4 Å². The zero-order chi connectivity index (χ0) is 19.1. The van der Waals surface area contributed by atoms with Gasteiger partial charge < -0.3 is 5.32 Å². The monoisotopic (exact) mass is 397 g/mol. The lowest BCUT2D eigenvalue weighted by atomic mass is 9.98. The van der Waals surface area contributed by atoms with E-state index in [1.54, 1.807) is 31.2 Å². The van der Waals surface area contributed by atoms with Gasteiger partial charge in [-0.1, -0.05) is 48.2 Å². The van der Waals surface area contributed by atoms with E-state index in [0.29, 0.717) is 25.9 Å². The highest BCUT2D eigenvalue weighted by Gasteiger charge is 2.34. The minimum absolute atomic E-state index is 0.234. The maximum atomic E-state index is 13.5. The van der Waals surface area contributed by atoms with Crippen LogP contribution in [-0.4, -0.2) is 10.2 Å². The molecule has 0 saturated carbocycles. The van der Waals surface area contributed by atoms with Crippen molar-refractivity contribution in [2.75, 3.05) is 0 Å². The quantitative estimate of drug-likeness (QED) is 0.419. The third-order valence-corrected chi connectivity index (χ3v) is 5.19. The Hall–Kier alpha value is -2.19. The van der Waals surface area contributed by atoms with E-state index >= 15 is 0 Å². The predicted octanol–water partition coefficient (Wildman–Crippen LogP) is 5.39. The van der Waals surface area contributed by atoms with Gasteiger partial charge in [-0.2, -0.15) is 13.2 Å². The highest BCUT2D eigenvalue weighted by molar-refractivity contribution is 8.26. The number of thiocarbonyl (C=S) groups is 1. The molecule has 0 atom stereocenters. The van der Waals surface area contributed by atoms with E-state index < -0.39 is 17.6 Å². The summed E-state index contributed by atoms with van der Waals surface area (Å²) >= 11 is 6.10. The van der Waals surface area contributed by atoms with Crippen LogP contribution in [-0.2, 0) is 11.0 Å². The first-order valence-electron chi connectivity index (χ1n) is 7.38. The van der Waals surface area contributed by atoms with Crippen LogP contribution in [0.3, 0.4) is 0 Å². The van der Waals surface area contributed by atoms with Crippen LogP contribution in [0.2, 0.25) is 0 Å². The maximum absolute atomic E-state index is 13.5. The first kappa shape index (κ1) is 18.6. The van der Waals surface area contributed by atoms with Crippen LogP contribution in [0, 0.1) is 5.82 Å². The molecule has 3 rings (SSSR count). The Morgan fingerprint density at radius 1 is 1.12 bits per heavy atom. The summed E-state index contributed by atoms with van der Waals surface area (Å²) in [5, 5.41) is 2.53. The van der Waals surface area contributed by atoms with Crippen molar-refractivity contribution in [2.24, 2.45) is 0 Å². The molecule has 1 saturated heterocycles. The highest BCUT2D eigenvalue weighted by Crippen LogP contribution is 2.36. The molecular weight excluding hydrogens is 386 g/mol. The molecular formula is C18H11F4NOS2. The topological polar surface area (TPSA) is 29.1 Å². The molecule has 1 aliphatic heterocycles. The molecule has 2 nitrogen and oxygen atoms in total. The number of benzene rings is 2.